The Balaban J connectivity index is 1.95. The Morgan fingerprint density at radius 2 is 2.14 bits per heavy atom. The SMILES string of the molecule is CC(C)COc1nc(NC(C)C(=O)NC2CC2)ccc1N. The topological polar surface area (TPSA) is 89.3 Å². The van der Waals surface area contributed by atoms with Crippen molar-refractivity contribution in [3.63, 3.8) is 0 Å². The molecule has 1 heterocycles. The van der Waals surface area contributed by atoms with Gasteiger partial charge in [0.25, 0.3) is 0 Å². The lowest BCUT2D eigenvalue weighted by Gasteiger charge is -2.16. The summed E-state index contributed by atoms with van der Waals surface area (Å²) in [5.41, 5.74) is 6.34. The van der Waals surface area contributed by atoms with E-state index in [0.29, 0.717) is 36.0 Å². The molecule has 0 saturated heterocycles. The Kier molecular flexibility index (Phi) is 4.88. The van der Waals surface area contributed by atoms with Crippen LogP contribution in [0.15, 0.2) is 12.1 Å². The molecule has 4 N–H and O–H groups in total. The third-order valence-electron chi connectivity index (χ3n) is 3.12. The largest absolute Gasteiger partial charge is 0.476 e. The van der Waals surface area contributed by atoms with Gasteiger partial charge < -0.3 is 21.1 Å². The van der Waals surface area contributed by atoms with Crippen LogP contribution in [0.25, 0.3) is 0 Å². The first-order valence-electron chi connectivity index (χ1n) is 7.42. The van der Waals surface area contributed by atoms with Crippen LogP contribution in [0.4, 0.5) is 11.5 Å². The minimum Gasteiger partial charge on any atom is -0.476 e. The van der Waals surface area contributed by atoms with Crippen LogP contribution >= 0.6 is 0 Å². The van der Waals surface area contributed by atoms with Crippen LogP contribution in [0, 0.1) is 5.92 Å². The number of hydrogen-bond acceptors (Lipinski definition) is 5. The summed E-state index contributed by atoms with van der Waals surface area (Å²) < 4.78 is 5.58. The Bertz CT molecular complexity index is 500. The zero-order valence-electron chi connectivity index (χ0n) is 12.8. The van der Waals surface area contributed by atoms with Gasteiger partial charge in [-0.3, -0.25) is 4.79 Å². The summed E-state index contributed by atoms with van der Waals surface area (Å²) in [4.78, 5) is 16.2. The fraction of sp³-hybridized carbons (Fsp3) is 0.600. The molecule has 116 valence electrons. The van der Waals surface area contributed by atoms with E-state index in [4.69, 9.17) is 10.5 Å². The Labute approximate surface area is 125 Å². The van der Waals surface area contributed by atoms with Crippen molar-refractivity contribution in [1.82, 2.24) is 10.3 Å². The minimum atomic E-state index is -0.348. The van der Waals surface area contributed by atoms with Gasteiger partial charge in [0.15, 0.2) is 0 Å². The summed E-state index contributed by atoms with van der Waals surface area (Å²) in [6.45, 7) is 6.48. The summed E-state index contributed by atoms with van der Waals surface area (Å²) in [7, 11) is 0. The molecular formula is C15H24N4O2. The Morgan fingerprint density at radius 3 is 2.76 bits per heavy atom. The molecule has 2 rings (SSSR count). The molecule has 6 nitrogen and oxygen atoms in total. The van der Waals surface area contributed by atoms with Crippen molar-refractivity contribution in [2.75, 3.05) is 17.7 Å². The summed E-state index contributed by atoms with van der Waals surface area (Å²) in [5, 5.41) is 6.03. The highest BCUT2D eigenvalue weighted by molar-refractivity contribution is 5.84. The van der Waals surface area contributed by atoms with Crippen LogP contribution < -0.4 is 21.1 Å². The third kappa shape index (κ3) is 4.81. The Hall–Kier alpha value is -1.98. The predicted octanol–water partition coefficient (Wildman–Crippen LogP) is 1.78. The van der Waals surface area contributed by atoms with Crippen molar-refractivity contribution < 1.29 is 9.53 Å². The van der Waals surface area contributed by atoms with Gasteiger partial charge in [0.05, 0.1) is 12.3 Å². The van der Waals surface area contributed by atoms with Crippen molar-refractivity contribution in [2.45, 2.75) is 45.7 Å². The maximum atomic E-state index is 11.9. The highest BCUT2D eigenvalue weighted by Crippen LogP contribution is 2.22. The third-order valence-corrected chi connectivity index (χ3v) is 3.12. The fourth-order valence-electron chi connectivity index (χ4n) is 1.73. The highest BCUT2D eigenvalue weighted by atomic mass is 16.5. The number of nitrogen functional groups attached to an aromatic ring is 1. The van der Waals surface area contributed by atoms with Gasteiger partial charge in [0.1, 0.15) is 11.9 Å². The molecule has 1 aromatic rings. The molecule has 1 amide bonds. The molecule has 0 bridgehead atoms. The zero-order chi connectivity index (χ0) is 15.4. The molecule has 0 aromatic carbocycles. The molecule has 1 aliphatic carbocycles. The Morgan fingerprint density at radius 1 is 1.43 bits per heavy atom. The number of hydrogen-bond donors (Lipinski definition) is 3. The quantitative estimate of drug-likeness (QED) is 0.713. The van der Waals surface area contributed by atoms with Crippen molar-refractivity contribution in [1.29, 1.82) is 0 Å². The zero-order valence-corrected chi connectivity index (χ0v) is 12.8. The van der Waals surface area contributed by atoms with E-state index in [2.05, 4.69) is 29.5 Å². The summed E-state index contributed by atoms with van der Waals surface area (Å²) in [5.74, 6) is 1.37. The molecular weight excluding hydrogens is 268 g/mol. The number of anilines is 2. The highest BCUT2D eigenvalue weighted by Gasteiger charge is 2.25. The molecule has 0 aliphatic heterocycles. The number of carbonyl (C=O) groups excluding carboxylic acids is 1. The molecule has 21 heavy (non-hydrogen) atoms. The van der Waals surface area contributed by atoms with E-state index in [-0.39, 0.29) is 11.9 Å². The van der Waals surface area contributed by atoms with Gasteiger partial charge in [-0.15, -0.1) is 0 Å². The number of nitrogens with one attached hydrogen (secondary N) is 2. The average molecular weight is 292 g/mol. The van der Waals surface area contributed by atoms with E-state index in [1.807, 2.05) is 6.92 Å². The summed E-state index contributed by atoms with van der Waals surface area (Å²) in [6, 6.07) is 3.49. The van der Waals surface area contributed by atoms with E-state index in [1.165, 1.54) is 0 Å². The summed E-state index contributed by atoms with van der Waals surface area (Å²) in [6.07, 6.45) is 2.15. The molecule has 1 aromatic heterocycles. The average Bonchev–Trinajstić information content (AvgIpc) is 3.23. The summed E-state index contributed by atoms with van der Waals surface area (Å²) >= 11 is 0. The molecule has 1 atom stereocenters. The van der Waals surface area contributed by atoms with Crippen LogP contribution in [0.3, 0.4) is 0 Å². The van der Waals surface area contributed by atoms with E-state index in [1.54, 1.807) is 12.1 Å². The van der Waals surface area contributed by atoms with Crippen molar-refractivity contribution in [3.05, 3.63) is 12.1 Å². The van der Waals surface area contributed by atoms with Crippen molar-refractivity contribution in [3.8, 4) is 5.88 Å². The maximum Gasteiger partial charge on any atom is 0.242 e. The molecule has 0 radical (unpaired) electrons. The lowest BCUT2D eigenvalue weighted by Crippen LogP contribution is -2.38. The standard InChI is InChI=1S/C15H24N4O2/c1-9(2)8-21-15-12(16)6-7-13(19-15)17-10(3)14(20)18-11-4-5-11/h6-7,9-11H,4-5,8,16H2,1-3H3,(H,17,19)(H,18,20). The number of pyridine rings is 1. The lowest BCUT2D eigenvalue weighted by molar-refractivity contribution is -0.121. The molecule has 1 aliphatic rings. The van der Waals surface area contributed by atoms with E-state index in [0.717, 1.165) is 12.8 Å². The molecule has 1 unspecified atom stereocenters. The normalized spacial score (nSPS) is 15.6. The molecule has 0 spiro atoms. The van der Waals surface area contributed by atoms with Crippen LogP contribution in [0.1, 0.15) is 33.6 Å². The van der Waals surface area contributed by atoms with E-state index in [9.17, 15) is 4.79 Å². The fourth-order valence-corrected chi connectivity index (χ4v) is 1.73. The van der Waals surface area contributed by atoms with Gasteiger partial charge in [0.2, 0.25) is 11.8 Å². The number of nitrogens with two attached hydrogens (primary N) is 1. The number of rotatable bonds is 7. The maximum absolute atomic E-state index is 11.9. The first-order valence-corrected chi connectivity index (χ1v) is 7.42. The second-order valence-corrected chi connectivity index (χ2v) is 5.94. The van der Waals surface area contributed by atoms with Gasteiger partial charge in [-0.2, -0.15) is 4.98 Å². The first-order chi connectivity index (χ1) is 9.95. The number of carbonyl (C=O) groups is 1. The van der Waals surface area contributed by atoms with Gasteiger partial charge >= 0.3 is 0 Å². The van der Waals surface area contributed by atoms with Crippen LogP contribution in [0.5, 0.6) is 5.88 Å². The number of amides is 1. The van der Waals surface area contributed by atoms with Gasteiger partial charge in [-0.1, -0.05) is 13.8 Å². The monoisotopic (exact) mass is 292 g/mol. The lowest BCUT2D eigenvalue weighted by atomic mass is 10.2. The van der Waals surface area contributed by atoms with Crippen LogP contribution in [-0.4, -0.2) is 29.6 Å². The van der Waals surface area contributed by atoms with Crippen molar-refractivity contribution in [2.24, 2.45) is 5.92 Å². The number of nitrogens with zero attached hydrogens (tertiary/aromatic N) is 1. The van der Waals surface area contributed by atoms with Crippen LogP contribution in [-0.2, 0) is 4.79 Å². The first kappa shape index (κ1) is 15.4. The smallest absolute Gasteiger partial charge is 0.242 e. The predicted molar refractivity (Wildman–Crippen MR) is 83.2 cm³/mol. The van der Waals surface area contributed by atoms with Gasteiger partial charge in [0, 0.05) is 6.04 Å². The second kappa shape index (κ2) is 6.65. The number of ether oxygens (including phenoxy) is 1. The van der Waals surface area contributed by atoms with E-state index < -0.39 is 0 Å². The van der Waals surface area contributed by atoms with Crippen LogP contribution in [0.2, 0.25) is 0 Å². The minimum absolute atomic E-state index is 0.0132. The molecule has 6 heteroatoms. The van der Waals surface area contributed by atoms with Gasteiger partial charge in [-0.25, -0.2) is 0 Å². The second-order valence-electron chi connectivity index (χ2n) is 5.94. The molecule has 1 saturated carbocycles. The number of aromatic nitrogens is 1. The van der Waals surface area contributed by atoms with E-state index >= 15 is 0 Å². The molecule has 1 fully saturated rings. The van der Waals surface area contributed by atoms with Crippen molar-refractivity contribution >= 4 is 17.4 Å². The van der Waals surface area contributed by atoms with Gasteiger partial charge in [-0.05, 0) is 37.8 Å².